The second-order valence-electron chi connectivity index (χ2n) is 12.7. The molecule has 3 heterocycles. The van der Waals surface area contributed by atoms with Gasteiger partial charge < -0.3 is 24.7 Å². The van der Waals surface area contributed by atoms with Gasteiger partial charge in [0.15, 0.2) is 11.4 Å². The van der Waals surface area contributed by atoms with Crippen LogP contribution < -0.4 is 14.5 Å². The fourth-order valence-corrected chi connectivity index (χ4v) is 7.27. The van der Waals surface area contributed by atoms with Gasteiger partial charge in [0.1, 0.15) is 5.75 Å². The van der Waals surface area contributed by atoms with Crippen LogP contribution in [0.25, 0.3) is 0 Å². The molecule has 0 spiro atoms. The lowest BCUT2D eigenvalue weighted by Crippen LogP contribution is -2.44. The van der Waals surface area contributed by atoms with Crippen molar-refractivity contribution in [3.63, 3.8) is 0 Å². The maximum atomic E-state index is 14.2. The standard InChI is InChI=1S/C39H36ClN3O6/c1-25(9-6-17-36(45)41-20-8-12-29(41)24-44)39(48)31-22-27(40)18-19-32(31)42(38(39)47)23-26-10-7-11-28(21-26)43-33-14-3-5-16-35(33)49-34-15-4-2-13-30(34)37(43)46/h2-7,9-11,13-16,18-19,21-22,25,29,44,48H,8,12,17,20,23-24H2,1H3/b9-6+/t25-,29+,39+/m1/s1. The first-order chi connectivity index (χ1) is 23.7. The van der Waals surface area contributed by atoms with Crippen LogP contribution in [-0.4, -0.2) is 52.0 Å². The highest BCUT2D eigenvalue weighted by Gasteiger charge is 2.52. The smallest absolute Gasteiger partial charge is 0.266 e. The lowest BCUT2D eigenvalue weighted by molar-refractivity contribution is -0.139. The fourth-order valence-electron chi connectivity index (χ4n) is 7.10. The van der Waals surface area contributed by atoms with Crippen LogP contribution in [0, 0.1) is 5.92 Å². The third-order valence-electron chi connectivity index (χ3n) is 9.67. The van der Waals surface area contributed by atoms with Gasteiger partial charge in [0.25, 0.3) is 11.8 Å². The van der Waals surface area contributed by atoms with Crippen molar-refractivity contribution in [2.75, 3.05) is 23.0 Å². The van der Waals surface area contributed by atoms with E-state index < -0.39 is 17.4 Å². The van der Waals surface area contributed by atoms with E-state index in [0.29, 0.717) is 51.3 Å². The van der Waals surface area contributed by atoms with Crippen LogP contribution in [0.2, 0.25) is 5.02 Å². The molecule has 0 aliphatic carbocycles. The summed E-state index contributed by atoms with van der Waals surface area (Å²) in [6, 6.07) is 26.7. The Bertz CT molecular complexity index is 1980. The van der Waals surface area contributed by atoms with Gasteiger partial charge in [-0.25, -0.2) is 0 Å². The van der Waals surface area contributed by atoms with Crippen molar-refractivity contribution in [2.24, 2.45) is 5.92 Å². The second kappa shape index (κ2) is 13.2. The van der Waals surface area contributed by atoms with E-state index >= 15 is 0 Å². The molecule has 49 heavy (non-hydrogen) atoms. The summed E-state index contributed by atoms with van der Waals surface area (Å²) in [5.41, 5.74) is 1.32. The Morgan fingerprint density at radius 1 is 1.00 bits per heavy atom. The second-order valence-corrected chi connectivity index (χ2v) is 13.1. The largest absolute Gasteiger partial charge is 0.454 e. The number of ether oxygens (including phenoxy) is 1. The summed E-state index contributed by atoms with van der Waals surface area (Å²) < 4.78 is 6.16. The minimum atomic E-state index is -1.93. The third-order valence-corrected chi connectivity index (χ3v) is 9.91. The Hall–Kier alpha value is -4.96. The van der Waals surface area contributed by atoms with Crippen molar-refractivity contribution in [2.45, 2.75) is 44.4 Å². The van der Waals surface area contributed by atoms with E-state index in [4.69, 9.17) is 16.3 Å². The van der Waals surface area contributed by atoms with Gasteiger partial charge in [-0.15, -0.1) is 0 Å². The molecule has 0 aromatic heterocycles. The summed E-state index contributed by atoms with van der Waals surface area (Å²) in [5.74, 6) is -0.560. The molecule has 0 radical (unpaired) electrons. The first-order valence-corrected chi connectivity index (χ1v) is 16.8. The van der Waals surface area contributed by atoms with E-state index in [1.165, 1.54) is 4.90 Å². The normalized spacial score (nSPS) is 20.6. The molecule has 3 aliphatic rings. The van der Waals surface area contributed by atoms with Gasteiger partial charge in [-0.05, 0) is 73.0 Å². The summed E-state index contributed by atoms with van der Waals surface area (Å²) in [7, 11) is 0. The molecule has 1 saturated heterocycles. The van der Waals surface area contributed by atoms with Crippen molar-refractivity contribution >= 4 is 46.4 Å². The minimum absolute atomic E-state index is 0.0690. The molecule has 250 valence electrons. The molecule has 7 rings (SSSR count). The number of rotatable bonds is 8. The lowest BCUT2D eigenvalue weighted by Gasteiger charge is -2.28. The van der Waals surface area contributed by atoms with Gasteiger partial charge in [-0.1, -0.05) is 67.1 Å². The van der Waals surface area contributed by atoms with Gasteiger partial charge in [0.2, 0.25) is 5.91 Å². The third kappa shape index (κ3) is 5.77. The Kier molecular flexibility index (Phi) is 8.75. The number of para-hydroxylation sites is 3. The zero-order valence-corrected chi connectivity index (χ0v) is 27.7. The molecule has 0 bridgehead atoms. The molecule has 4 aromatic carbocycles. The SMILES string of the molecule is C[C@H](/C=C/CC(=O)N1CCC[C@H]1CO)[C@@]1(O)C(=O)N(Cc2cccc(N3C(=O)c4ccccc4Oc4ccccc43)c2)c2ccc(Cl)cc21. The Balaban J connectivity index is 1.17. The summed E-state index contributed by atoms with van der Waals surface area (Å²) >= 11 is 6.39. The zero-order chi connectivity index (χ0) is 34.3. The number of hydrogen-bond donors (Lipinski definition) is 2. The van der Waals surface area contributed by atoms with Gasteiger partial charge in [-0.2, -0.15) is 0 Å². The van der Waals surface area contributed by atoms with Gasteiger partial charge in [0, 0.05) is 35.2 Å². The van der Waals surface area contributed by atoms with Gasteiger partial charge in [-0.3, -0.25) is 19.3 Å². The van der Waals surface area contributed by atoms with E-state index in [0.717, 1.165) is 18.4 Å². The van der Waals surface area contributed by atoms with E-state index in [1.807, 2.05) is 54.6 Å². The van der Waals surface area contributed by atoms with Crippen molar-refractivity contribution in [1.82, 2.24) is 4.90 Å². The predicted octanol–water partition coefficient (Wildman–Crippen LogP) is 6.72. The van der Waals surface area contributed by atoms with Gasteiger partial charge >= 0.3 is 0 Å². The highest BCUT2D eigenvalue weighted by Crippen LogP contribution is 2.47. The number of carbonyl (C=O) groups excluding carboxylic acids is 3. The maximum Gasteiger partial charge on any atom is 0.266 e. The predicted molar refractivity (Wildman–Crippen MR) is 187 cm³/mol. The van der Waals surface area contributed by atoms with Crippen molar-refractivity contribution in [1.29, 1.82) is 0 Å². The molecule has 3 amide bonds. The molecule has 1 fully saturated rings. The maximum absolute atomic E-state index is 14.2. The molecule has 10 heteroatoms. The molecule has 2 N–H and O–H groups in total. The molecule has 3 atom stereocenters. The van der Waals surface area contributed by atoms with Crippen LogP contribution in [0.1, 0.15) is 47.7 Å². The summed E-state index contributed by atoms with van der Waals surface area (Å²) in [4.78, 5) is 45.9. The number of aliphatic hydroxyl groups is 2. The lowest BCUT2D eigenvalue weighted by atomic mass is 9.83. The van der Waals surface area contributed by atoms with Crippen LogP contribution >= 0.6 is 11.6 Å². The number of carbonyl (C=O) groups is 3. The van der Waals surface area contributed by atoms with Crippen molar-refractivity contribution in [3.8, 4) is 11.5 Å². The number of amides is 3. The average molecular weight is 678 g/mol. The summed E-state index contributed by atoms with van der Waals surface area (Å²) in [6.45, 7) is 2.40. The topological polar surface area (TPSA) is 111 Å². The molecule has 0 saturated carbocycles. The molecular weight excluding hydrogens is 642 g/mol. The van der Waals surface area contributed by atoms with Crippen LogP contribution in [-0.2, 0) is 21.7 Å². The van der Waals surface area contributed by atoms with E-state index in [1.54, 1.807) is 65.3 Å². The first kappa shape index (κ1) is 32.6. The van der Waals surface area contributed by atoms with E-state index in [2.05, 4.69) is 0 Å². The minimum Gasteiger partial charge on any atom is -0.454 e. The molecule has 3 aliphatic heterocycles. The average Bonchev–Trinajstić information content (AvgIpc) is 3.64. The van der Waals surface area contributed by atoms with Crippen molar-refractivity contribution < 1.29 is 29.3 Å². The van der Waals surface area contributed by atoms with Crippen LogP contribution in [0.4, 0.5) is 17.1 Å². The Labute approximate surface area is 289 Å². The number of likely N-dealkylation sites (tertiary alicyclic amines) is 1. The first-order valence-electron chi connectivity index (χ1n) is 16.4. The summed E-state index contributed by atoms with van der Waals surface area (Å²) in [6.07, 6.45) is 5.09. The monoisotopic (exact) mass is 677 g/mol. The quantitative estimate of drug-likeness (QED) is 0.200. The van der Waals surface area contributed by atoms with E-state index in [9.17, 15) is 24.6 Å². The highest BCUT2D eigenvalue weighted by molar-refractivity contribution is 6.31. The number of nitrogens with zero attached hydrogens (tertiary/aromatic N) is 3. The van der Waals surface area contributed by atoms with Gasteiger partial charge in [0.05, 0.1) is 36.1 Å². The molecule has 4 aromatic rings. The number of benzene rings is 4. The van der Waals surface area contributed by atoms with Crippen LogP contribution in [0.5, 0.6) is 11.5 Å². The number of fused-ring (bicyclic) bond motifs is 3. The summed E-state index contributed by atoms with van der Waals surface area (Å²) in [5, 5.41) is 22.1. The number of hydrogen-bond acceptors (Lipinski definition) is 6. The number of anilines is 3. The Morgan fingerprint density at radius 2 is 1.78 bits per heavy atom. The highest BCUT2D eigenvalue weighted by atomic mass is 35.5. The fraction of sp³-hybridized carbons (Fsp3) is 0.256. The van der Waals surface area contributed by atoms with E-state index in [-0.39, 0.29) is 37.4 Å². The molecule has 9 nitrogen and oxygen atoms in total. The zero-order valence-electron chi connectivity index (χ0n) is 27.0. The Morgan fingerprint density at radius 3 is 2.59 bits per heavy atom. The van der Waals surface area contributed by atoms with Crippen LogP contribution in [0.15, 0.2) is 103 Å². The molecular formula is C39H36ClN3O6. The number of halogens is 1. The van der Waals surface area contributed by atoms with Crippen LogP contribution in [0.3, 0.4) is 0 Å². The van der Waals surface area contributed by atoms with Crippen molar-refractivity contribution in [3.05, 3.63) is 125 Å². The molecule has 0 unspecified atom stereocenters. The number of aliphatic hydroxyl groups excluding tert-OH is 1.